The Kier molecular flexibility index (Phi) is 2.91. The van der Waals surface area contributed by atoms with E-state index in [1.807, 2.05) is 0 Å². The summed E-state index contributed by atoms with van der Waals surface area (Å²) < 4.78 is 36.9. The molecule has 0 bridgehead atoms. The summed E-state index contributed by atoms with van der Waals surface area (Å²) in [6.07, 6.45) is 2.54. The molecule has 0 aliphatic carbocycles. The van der Waals surface area contributed by atoms with E-state index >= 15 is 0 Å². The smallest absolute Gasteiger partial charge is 0.355 e. The van der Waals surface area contributed by atoms with Gasteiger partial charge in [0, 0.05) is 13.1 Å². The molecule has 1 aromatic rings. The highest BCUT2D eigenvalue weighted by atomic mass is 32.2. The molecule has 0 amide bonds. The second-order valence-electron chi connectivity index (χ2n) is 3.33. The van der Waals surface area contributed by atoms with E-state index in [4.69, 9.17) is 0 Å². The minimum Gasteiger partial charge on any atom is -0.464 e. The van der Waals surface area contributed by atoms with Crippen molar-refractivity contribution < 1.29 is 22.5 Å². The summed E-state index contributed by atoms with van der Waals surface area (Å²) in [7, 11) is -1.60. The first-order chi connectivity index (χ1) is 8.45. The van der Waals surface area contributed by atoms with Crippen LogP contribution in [0.25, 0.3) is 0 Å². The number of nitrogens with zero attached hydrogens (tertiary/aromatic N) is 3. The van der Waals surface area contributed by atoms with Crippen LogP contribution in [0.4, 0.5) is 0 Å². The van der Waals surface area contributed by atoms with Crippen LogP contribution in [0, 0.1) is 0 Å². The van der Waals surface area contributed by atoms with Crippen LogP contribution in [0.5, 0.6) is 0 Å². The monoisotopic (exact) mass is 271 g/mol. The van der Waals surface area contributed by atoms with Crippen LogP contribution in [0.1, 0.15) is 5.69 Å². The fourth-order valence-corrected chi connectivity index (χ4v) is 2.21. The average Bonchev–Trinajstić information content (AvgIpc) is 2.85. The lowest BCUT2D eigenvalue weighted by Crippen LogP contribution is -2.33. The first-order valence-electron chi connectivity index (χ1n) is 4.75. The molecule has 0 saturated carbocycles. The predicted octanol–water partition coefficient (Wildman–Crippen LogP) is -0.289. The van der Waals surface area contributed by atoms with Crippen LogP contribution in [0.2, 0.25) is 0 Å². The zero-order valence-corrected chi connectivity index (χ0v) is 10.3. The largest absolute Gasteiger partial charge is 0.464 e. The average molecular weight is 271 g/mol. The fourth-order valence-electron chi connectivity index (χ4n) is 1.31. The maximum atomic E-state index is 11.7. The molecule has 0 unspecified atom stereocenters. The SMILES string of the molecule is COC(=O)C1=CC(c2ccon2)=NS(=O)(=O)N1C. The van der Waals surface area contributed by atoms with Gasteiger partial charge in [-0.3, -0.25) is 0 Å². The maximum Gasteiger partial charge on any atom is 0.355 e. The van der Waals surface area contributed by atoms with Crippen molar-refractivity contribution in [2.45, 2.75) is 0 Å². The van der Waals surface area contributed by atoms with Gasteiger partial charge in [-0.25, -0.2) is 9.10 Å². The standard InChI is InChI=1S/C9H9N3O5S/c1-12-8(9(13)16-2)5-7(11-18(12,14)15)6-3-4-17-10-6/h3-5H,1-2H3. The van der Waals surface area contributed by atoms with Gasteiger partial charge in [-0.1, -0.05) is 5.16 Å². The van der Waals surface area contributed by atoms with Gasteiger partial charge in [-0.15, -0.1) is 4.40 Å². The molecule has 0 saturated heterocycles. The minimum absolute atomic E-state index is 0.0160. The predicted molar refractivity (Wildman–Crippen MR) is 59.8 cm³/mol. The molecule has 2 rings (SSSR count). The molecule has 0 atom stereocenters. The Morgan fingerprint density at radius 3 is 2.78 bits per heavy atom. The van der Waals surface area contributed by atoms with Gasteiger partial charge in [-0.05, 0) is 6.08 Å². The maximum absolute atomic E-state index is 11.7. The summed E-state index contributed by atoms with van der Waals surface area (Å²) in [6, 6.07) is 1.44. The third kappa shape index (κ3) is 1.99. The van der Waals surface area contributed by atoms with Gasteiger partial charge < -0.3 is 9.26 Å². The number of carbonyl (C=O) groups excluding carboxylic acids is 1. The van der Waals surface area contributed by atoms with Crippen LogP contribution < -0.4 is 0 Å². The van der Waals surface area contributed by atoms with Gasteiger partial charge in [0.2, 0.25) is 0 Å². The van der Waals surface area contributed by atoms with E-state index in [0.717, 1.165) is 11.4 Å². The van der Waals surface area contributed by atoms with Gasteiger partial charge in [0.15, 0.2) is 0 Å². The number of hydrogen-bond donors (Lipinski definition) is 0. The molecule has 2 heterocycles. The third-order valence-corrected chi connectivity index (χ3v) is 3.58. The summed E-state index contributed by atoms with van der Waals surface area (Å²) in [5, 5.41) is 3.56. The second-order valence-corrected chi connectivity index (χ2v) is 4.95. The number of hydrogen-bond acceptors (Lipinski definition) is 6. The summed E-state index contributed by atoms with van der Waals surface area (Å²) >= 11 is 0. The Bertz CT molecular complexity index is 629. The van der Waals surface area contributed by atoms with E-state index in [0.29, 0.717) is 0 Å². The number of rotatable bonds is 2. The molecule has 0 radical (unpaired) electrons. The molecule has 18 heavy (non-hydrogen) atoms. The van der Waals surface area contributed by atoms with E-state index in [-0.39, 0.29) is 17.1 Å². The van der Waals surface area contributed by atoms with Gasteiger partial charge in [-0.2, -0.15) is 8.42 Å². The number of carbonyl (C=O) groups is 1. The van der Waals surface area contributed by atoms with Crippen LogP contribution >= 0.6 is 0 Å². The van der Waals surface area contributed by atoms with Crippen LogP contribution in [0.15, 0.2) is 33.0 Å². The molecular formula is C9H9N3O5S. The van der Waals surface area contributed by atoms with E-state index < -0.39 is 16.2 Å². The van der Waals surface area contributed by atoms with Crippen molar-refractivity contribution in [3.8, 4) is 0 Å². The van der Waals surface area contributed by atoms with Crippen molar-refractivity contribution in [3.05, 3.63) is 29.8 Å². The zero-order chi connectivity index (χ0) is 13.3. The van der Waals surface area contributed by atoms with Gasteiger partial charge in [0.1, 0.15) is 23.4 Å². The highest BCUT2D eigenvalue weighted by molar-refractivity contribution is 7.88. The van der Waals surface area contributed by atoms with Crippen molar-refractivity contribution in [2.75, 3.05) is 14.2 Å². The second kappa shape index (κ2) is 4.26. The van der Waals surface area contributed by atoms with Crippen LogP contribution in [0.3, 0.4) is 0 Å². The summed E-state index contributed by atoms with van der Waals surface area (Å²) in [5.74, 6) is -0.781. The molecule has 0 N–H and O–H groups in total. The summed E-state index contributed by atoms with van der Waals surface area (Å²) in [6.45, 7) is 0. The Hall–Kier alpha value is -2.16. The number of likely N-dealkylation sites (N-methyl/N-ethyl adjacent to an activating group) is 1. The van der Waals surface area contributed by atoms with Crippen molar-refractivity contribution in [1.82, 2.24) is 9.46 Å². The molecule has 0 aromatic carbocycles. The molecule has 0 spiro atoms. The molecule has 1 aliphatic rings. The number of esters is 1. The Labute approximate surface area is 103 Å². The van der Waals surface area contributed by atoms with Gasteiger partial charge in [0.25, 0.3) is 0 Å². The molecule has 1 aromatic heterocycles. The lowest BCUT2D eigenvalue weighted by atomic mass is 10.2. The molecule has 96 valence electrons. The zero-order valence-electron chi connectivity index (χ0n) is 9.52. The van der Waals surface area contributed by atoms with E-state index in [9.17, 15) is 13.2 Å². The first-order valence-corrected chi connectivity index (χ1v) is 6.15. The van der Waals surface area contributed by atoms with Crippen LogP contribution in [-0.4, -0.2) is 43.7 Å². The highest BCUT2D eigenvalue weighted by Gasteiger charge is 2.31. The fraction of sp³-hybridized carbons (Fsp3) is 0.222. The van der Waals surface area contributed by atoms with Gasteiger partial charge >= 0.3 is 16.2 Å². The topological polar surface area (TPSA) is 102 Å². The Balaban J connectivity index is 2.55. The molecule has 1 aliphatic heterocycles. The Morgan fingerprint density at radius 1 is 1.50 bits per heavy atom. The molecular weight excluding hydrogens is 262 g/mol. The van der Waals surface area contributed by atoms with Crippen molar-refractivity contribution >= 4 is 21.9 Å². The molecule has 8 nitrogen and oxygen atoms in total. The van der Waals surface area contributed by atoms with E-state index in [1.54, 1.807) is 0 Å². The quantitative estimate of drug-likeness (QED) is 0.685. The highest BCUT2D eigenvalue weighted by Crippen LogP contribution is 2.19. The van der Waals surface area contributed by atoms with Crippen molar-refractivity contribution in [1.29, 1.82) is 0 Å². The minimum atomic E-state index is -3.97. The van der Waals surface area contributed by atoms with E-state index in [1.165, 1.54) is 25.5 Å². The number of allylic oxidation sites excluding steroid dienone is 1. The lowest BCUT2D eigenvalue weighted by molar-refractivity contribution is -0.137. The molecule has 0 fully saturated rings. The van der Waals surface area contributed by atoms with Crippen molar-refractivity contribution in [2.24, 2.45) is 4.40 Å². The summed E-state index contributed by atoms with van der Waals surface area (Å²) in [5.41, 5.74) is 0.0841. The third-order valence-electron chi connectivity index (χ3n) is 2.27. The van der Waals surface area contributed by atoms with Crippen molar-refractivity contribution in [3.63, 3.8) is 0 Å². The van der Waals surface area contributed by atoms with E-state index in [2.05, 4.69) is 18.8 Å². The van der Waals surface area contributed by atoms with Gasteiger partial charge in [0.05, 0.1) is 7.11 Å². The summed E-state index contributed by atoms with van der Waals surface area (Å²) in [4.78, 5) is 11.5. The lowest BCUT2D eigenvalue weighted by Gasteiger charge is -2.21. The number of aromatic nitrogens is 1. The van der Waals surface area contributed by atoms with Crippen LogP contribution in [-0.2, 0) is 19.7 Å². The normalized spacial score (nSPS) is 18.0. The number of ether oxygens (including phenoxy) is 1. The first kappa shape index (κ1) is 12.3. The number of methoxy groups -OCH3 is 1. The Morgan fingerprint density at radius 2 is 2.22 bits per heavy atom. The molecule has 9 heteroatoms.